The SMILES string of the molecule is C1CCC(CNC2CC2)C(C2CC2)CC1. The van der Waals surface area contributed by atoms with Crippen LogP contribution in [0.15, 0.2) is 0 Å². The van der Waals surface area contributed by atoms with Crippen molar-refractivity contribution < 1.29 is 0 Å². The summed E-state index contributed by atoms with van der Waals surface area (Å²) in [6.07, 6.45) is 13.6. The Morgan fingerprint density at radius 3 is 2.33 bits per heavy atom. The minimum absolute atomic E-state index is 0.910. The van der Waals surface area contributed by atoms with Crippen LogP contribution in [0.3, 0.4) is 0 Å². The lowest BCUT2D eigenvalue weighted by molar-refractivity contribution is 0.267. The second-order valence-electron chi connectivity index (χ2n) is 6.08. The molecule has 3 rings (SSSR count). The van der Waals surface area contributed by atoms with Crippen LogP contribution in [-0.4, -0.2) is 12.6 Å². The van der Waals surface area contributed by atoms with E-state index < -0.39 is 0 Å². The summed E-state index contributed by atoms with van der Waals surface area (Å²) < 4.78 is 0. The molecule has 0 saturated heterocycles. The van der Waals surface area contributed by atoms with Gasteiger partial charge in [0.15, 0.2) is 0 Å². The Morgan fingerprint density at radius 2 is 1.60 bits per heavy atom. The molecule has 0 aromatic heterocycles. The van der Waals surface area contributed by atoms with Crippen molar-refractivity contribution in [3.05, 3.63) is 0 Å². The summed E-state index contributed by atoms with van der Waals surface area (Å²) in [5, 5.41) is 3.77. The molecule has 0 aromatic rings. The zero-order valence-corrected chi connectivity index (χ0v) is 9.88. The molecule has 2 atom stereocenters. The third-order valence-electron chi connectivity index (χ3n) is 4.69. The summed E-state index contributed by atoms with van der Waals surface area (Å²) in [7, 11) is 0. The van der Waals surface area contributed by atoms with Crippen molar-refractivity contribution in [1.29, 1.82) is 0 Å². The summed E-state index contributed by atoms with van der Waals surface area (Å²) in [4.78, 5) is 0. The van der Waals surface area contributed by atoms with Gasteiger partial charge in [-0.15, -0.1) is 0 Å². The van der Waals surface area contributed by atoms with Gasteiger partial charge in [0.2, 0.25) is 0 Å². The molecule has 3 aliphatic rings. The molecule has 3 saturated carbocycles. The van der Waals surface area contributed by atoms with E-state index in [-0.39, 0.29) is 0 Å². The maximum absolute atomic E-state index is 3.77. The number of rotatable bonds is 4. The molecule has 2 unspecified atom stereocenters. The fourth-order valence-electron chi connectivity index (χ4n) is 3.42. The molecule has 3 fully saturated rings. The van der Waals surface area contributed by atoms with Crippen LogP contribution in [0.2, 0.25) is 0 Å². The first-order valence-electron chi connectivity index (χ1n) is 7.17. The van der Waals surface area contributed by atoms with Crippen molar-refractivity contribution in [2.45, 2.75) is 63.8 Å². The summed E-state index contributed by atoms with van der Waals surface area (Å²) in [5.41, 5.74) is 0. The first-order chi connectivity index (χ1) is 7.43. The van der Waals surface area contributed by atoms with Crippen LogP contribution in [0, 0.1) is 17.8 Å². The Balaban J connectivity index is 1.54. The third kappa shape index (κ3) is 2.75. The maximum atomic E-state index is 3.77. The van der Waals surface area contributed by atoms with Crippen molar-refractivity contribution in [3.63, 3.8) is 0 Å². The molecular weight excluding hydrogens is 182 g/mol. The van der Waals surface area contributed by atoms with E-state index in [1.54, 1.807) is 19.3 Å². The van der Waals surface area contributed by atoms with Gasteiger partial charge < -0.3 is 5.32 Å². The molecule has 0 spiro atoms. The van der Waals surface area contributed by atoms with Crippen molar-refractivity contribution in [2.24, 2.45) is 17.8 Å². The zero-order chi connectivity index (χ0) is 10.1. The average molecular weight is 207 g/mol. The first-order valence-corrected chi connectivity index (χ1v) is 7.17. The van der Waals surface area contributed by atoms with Gasteiger partial charge in [0.05, 0.1) is 0 Å². The standard InChI is InChI=1S/C14H25N/c1-2-4-12(10-15-13-8-9-13)14(5-3-1)11-6-7-11/h11-15H,1-10H2. The Morgan fingerprint density at radius 1 is 0.800 bits per heavy atom. The highest BCUT2D eigenvalue weighted by atomic mass is 14.9. The molecule has 1 N–H and O–H groups in total. The van der Waals surface area contributed by atoms with Crippen LogP contribution >= 0.6 is 0 Å². The average Bonchev–Trinajstić information content (AvgIpc) is 3.08. The topological polar surface area (TPSA) is 12.0 Å². The summed E-state index contributed by atoms with van der Waals surface area (Å²) in [5.74, 6) is 3.26. The van der Waals surface area contributed by atoms with Gasteiger partial charge in [-0.3, -0.25) is 0 Å². The lowest BCUT2D eigenvalue weighted by Crippen LogP contribution is -2.30. The van der Waals surface area contributed by atoms with E-state index in [0.29, 0.717) is 0 Å². The van der Waals surface area contributed by atoms with Crippen LogP contribution in [0.1, 0.15) is 57.8 Å². The van der Waals surface area contributed by atoms with Crippen LogP contribution in [0.4, 0.5) is 0 Å². The van der Waals surface area contributed by atoms with Gasteiger partial charge in [0, 0.05) is 6.04 Å². The second-order valence-corrected chi connectivity index (χ2v) is 6.08. The molecule has 86 valence electrons. The van der Waals surface area contributed by atoms with Crippen molar-refractivity contribution >= 4 is 0 Å². The molecule has 1 heteroatoms. The van der Waals surface area contributed by atoms with Crippen molar-refractivity contribution in [3.8, 4) is 0 Å². The van der Waals surface area contributed by atoms with Gasteiger partial charge >= 0.3 is 0 Å². The molecule has 0 amide bonds. The normalized spacial score (nSPS) is 37.6. The van der Waals surface area contributed by atoms with Crippen molar-refractivity contribution in [1.82, 2.24) is 5.32 Å². The summed E-state index contributed by atoms with van der Waals surface area (Å²) in [6, 6.07) is 0.910. The van der Waals surface area contributed by atoms with Crippen LogP contribution in [0.5, 0.6) is 0 Å². The molecule has 0 aromatic carbocycles. The molecule has 0 heterocycles. The van der Waals surface area contributed by atoms with Gasteiger partial charge in [0.1, 0.15) is 0 Å². The van der Waals surface area contributed by atoms with E-state index in [1.165, 1.54) is 45.1 Å². The highest BCUT2D eigenvalue weighted by molar-refractivity contribution is 4.89. The zero-order valence-electron chi connectivity index (χ0n) is 9.88. The van der Waals surface area contributed by atoms with Gasteiger partial charge in [-0.2, -0.15) is 0 Å². The Kier molecular flexibility index (Phi) is 3.01. The molecule has 3 aliphatic carbocycles. The first kappa shape index (κ1) is 10.1. The van der Waals surface area contributed by atoms with Gasteiger partial charge in [-0.05, 0) is 62.8 Å². The predicted molar refractivity (Wildman–Crippen MR) is 63.8 cm³/mol. The number of hydrogen-bond donors (Lipinski definition) is 1. The Hall–Kier alpha value is -0.0400. The van der Waals surface area contributed by atoms with E-state index in [0.717, 1.165) is 23.8 Å². The van der Waals surface area contributed by atoms with Gasteiger partial charge in [-0.25, -0.2) is 0 Å². The molecule has 15 heavy (non-hydrogen) atoms. The quantitative estimate of drug-likeness (QED) is 0.697. The number of hydrogen-bond acceptors (Lipinski definition) is 1. The smallest absolute Gasteiger partial charge is 0.00683 e. The molecule has 0 aliphatic heterocycles. The molecule has 0 bridgehead atoms. The Labute approximate surface area is 94.0 Å². The van der Waals surface area contributed by atoms with E-state index in [2.05, 4.69) is 5.32 Å². The number of nitrogens with one attached hydrogen (secondary N) is 1. The molecule has 0 radical (unpaired) electrons. The minimum atomic E-state index is 0.910. The summed E-state index contributed by atoms with van der Waals surface area (Å²) >= 11 is 0. The maximum Gasteiger partial charge on any atom is 0.00683 e. The predicted octanol–water partition coefficient (Wildman–Crippen LogP) is 3.34. The second kappa shape index (κ2) is 4.45. The van der Waals surface area contributed by atoms with Crippen LogP contribution < -0.4 is 5.32 Å². The third-order valence-corrected chi connectivity index (χ3v) is 4.69. The molecular formula is C14H25N. The minimum Gasteiger partial charge on any atom is -0.314 e. The lowest BCUT2D eigenvalue weighted by Gasteiger charge is -2.25. The van der Waals surface area contributed by atoms with Crippen LogP contribution in [0.25, 0.3) is 0 Å². The van der Waals surface area contributed by atoms with E-state index in [1.807, 2.05) is 0 Å². The monoisotopic (exact) mass is 207 g/mol. The lowest BCUT2D eigenvalue weighted by atomic mass is 9.84. The van der Waals surface area contributed by atoms with Gasteiger partial charge in [-0.1, -0.05) is 19.3 Å². The van der Waals surface area contributed by atoms with Crippen LogP contribution in [-0.2, 0) is 0 Å². The van der Waals surface area contributed by atoms with Gasteiger partial charge in [0.25, 0.3) is 0 Å². The van der Waals surface area contributed by atoms with E-state index in [9.17, 15) is 0 Å². The van der Waals surface area contributed by atoms with E-state index in [4.69, 9.17) is 0 Å². The fourth-order valence-corrected chi connectivity index (χ4v) is 3.42. The Bertz CT molecular complexity index is 205. The summed E-state index contributed by atoms with van der Waals surface area (Å²) in [6.45, 7) is 1.34. The van der Waals surface area contributed by atoms with E-state index >= 15 is 0 Å². The molecule has 1 nitrogen and oxygen atoms in total. The largest absolute Gasteiger partial charge is 0.314 e. The highest BCUT2D eigenvalue weighted by Gasteiger charge is 2.37. The fraction of sp³-hybridized carbons (Fsp3) is 1.00. The highest BCUT2D eigenvalue weighted by Crippen LogP contribution is 2.45. The van der Waals surface area contributed by atoms with Crippen molar-refractivity contribution in [2.75, 3.05) is 6.54 Å².